The van der Waals surface area contributed by atoms with Crippen molar-refractivity contribution < 1.29 is 0 Å². The lowest BCUT2D eigenvalue weighted by Crippen LogP contribution is -2.27. The fourth-order valence-corrected chi connectivity index (χ4v) is 1.72. The minimum atomic E-state index is 0.280. The molecule has 2 heteroatoms. The van der Waals surface area contributed by atoms with Crippen molar-refractivity contribution in [3.05, 3.63) is 35.9 Å². The Bertz CT molecular complexity index is 260. The summed E-state index contributed by atoms with van der Waals surface area (Å²) in [5.41, 5.74) is 1.27. The van der Waals surface area contributed by atoms with Crippen LogP contribution in [0.15, 0.2) is 30.3 Å². The van der Waals surface area contributed by atoms with E-state index in [1.54, 1.807) is 0 Å². The molecular weight excluding hydrogens is 206 g/mol. The minimum Gasteiger partial charge on any atom is -0.309 e. The Kier molecular flexibility index (Phi) is 5.74. The lowest BCUT2D eigenvalue weighted by atomic mass is 10.1. The van der Waals surface area contributed by atoms with E-state index in [0.717, 1.165) is 6.54 Å². The van der Waals surface area contributed by atoms with E-state index in [4.69, 9.17) is 11.6 Å². The molecule has 0 aliphatic carbocycles. The summed E-state index contributed by atoms with van der Waals surface area (Å²) in [5.74, 6) is 1.33. The SMILES string of the molecule is CCC(C)CNC(CCl)c1ccccc1. The zero-order valence-electron chi connectivity index (χ0n) is 9.54. The average Bonchev–Trinajstić information content (AvgIpc) is 2.31. The van der Waals surface area contributed by atoms with Gasteiger partial charge < -0.3 is 5.32 Å². The van der Waals surface area contributed by atoms with Crippen molar-refractivity contribution in [2.45, 2.75) is 26.3 Å². The van der Waals surface area contributed by atoms with Gasteiger partial charge in [0.25, 0.3) is 0 Å². The van der Waals surface area contributed by atoms with Gasteiger partial charge in [0.15, 0.2) is 0 Å². The predicted octanol–water partition coefficient (Wildman–Crippen LogP) is 3.60. The van der Waals surface area contributed by atoms with E-state index >= 15 is 0 Å². The molecule has 0 radical (unpaired) electrons. The van der Waals surface area contributed by atoms with Gasteiger partial charge in [0.2, 0.25) is 0 Å². The van der Waals surface area contributed by atoms with Crippen molar-refractivity contribution in [3.63, 3.8) is 0 Å². The molecule has 1 rings (SSSR count). The Morgan fingerprint density at radius 2 is 1.93 bits per heavy atom. The van der Waals surface area contributed by atoms with Gasteiger partial charge in [-0.15, -0.1) is 11.6 Å². The summed E-state index contributed by atoms with van der Waals surface area (Å²) in [7, 11) is 0. The van der Waals surface area contributed by atoms with Crippen molar-refractivity contribution in [1.82, 2.24) is 5.32 Å². The quantitative estimate of drug-likeness (QED) is 0.730. The number of halogens is 1. The molecule has 84 valence electrons. The first-order chi connectivity index (χ1) is 7.27. The molecule has 1 nitrogen and oxygen atoms in total. The van der Waals surface area contributed by atoms with E-state index < -0.39 is 0 Å². The van der Waals surface area contributed by atoms with Crippen LogP contribution < -0.4 is 5.32 Å². The molecule has 0 aliphatic heterocycles. The van der Waals surface area contributed by atoms with E-state index in [1.807, 2.05) is 6.07 Å². The molecule has 0 spiro atoms. The lowest BCUT2D eigenvalue weighted by molar-refractivity contribution is 0.463. The van der Waals surface area contributed by atoms with Gasteiger partial charge in [-0.3, -0.25) is 0 Å². The summed E-state index contributed by atoms with van der Waals surface area (Å²) in [6.45, 7) is 5.50. The fourth-order valence-electron chi connectivity index (χ4n) is 1.43. The van der Waals surface area contributed by atoms with Crippen LogP contribution in [0.3, 0.4) is 0 Å². The van der Waals surface area contributed by atoms with Gasteiger partial charge in [0.05, 0.1) is 0 Å². The highest BCUT2D eigenvalue weighted by molar-refractivity contribution is 6.18. The molecule has 0 heterocycles. The van der Waals surface area contributed by atoms with Crippen molar-refractivity contribution in [2.75, 3.05) is 12.4 Å². The first kappa shape index (κ1) is 12.5. The zero-order chi connectivity index (χ0) is 11.1. The summed E-state index contributed by atoms with van der Waals surface area (Å²) in [4.78, 5) is 0. The Morgan fingerprint density at radius 3 is 2.47 bits per heavy atom. The van der Waals surface area contributed by atoms with E-state index in [2.05, 4.69) is 43.4 Å². The van der Waals surface area contributed by atoms with Crippen LogP contribution in [0.2, 0.25) is 0 Å². The maximum absolute atomic E-state index is 5.97. The molecule has 0 bridgehead atoms. The van der Waals surface area contributed by atoms with E-state index in [1.165, 1.54) is 12.0 Å². The Labute approximate surface area is 97.8 Å². The monoisotopic (exact) mass is 225 g/mol. The van der Waals surface area contributed by atoms with Crippen molar-refractivity contribution in [3.8, 4) is 0 Å². The molecular formula is C13H20ClN. The van der Waals surface area contributed by atoms with Gasteiger partial charge in [-0.05, 0) is 18.0 Å². The Morgan fingerprint density at radius 1 is 1.27 bits per heavy atom. The maximum Gasteiger partial charge on any atom is 0.0457 e. The highest BCUT2D eigenvalue weighted by Gasteiger charge is 2.09. The predicted molar refractivity (Wildman–Crippen MR) is 67.4 cm³/mol. The molecule has 1 N–H and O–H groups in total. The maximum atomic E-state index is 5.97. The van der Waals surface area contributed by atoms with Crippen molar-refractivity contribution in [1.29, 1.82) is 0 Å². The summed E-state index contributed by atoms with van der Waals surface area (Å²) in [6, 6.07) is 10.7. The molecule has 15 heavy (non-hydrogen) atoms. The van der Waals surface area contributed by atoms with Gasteiger partial charge in [0.1, 0.15) is 0 Å². The number of hydrogen-bond acceptors (Lipinski definition) is 1. The van der Waals surface area contributed by atoms with Gasteiger partial charge in [-0.2, -0.15) is 0 Å². The topological polar surface area (TPSA) is 12.0 Å². The van der Waals surface area contributed by atoms with Crippen molar-refractivity contribution in [2.24, 2.45) is 5.92 Å². The standard InChI is InChI=1S/C13H20ClN/c1-3-11(2)10-15-13(9-14)12-7-5-4-6-8-12/h4-8,11,13,15H,3,9-10H2,1-2H3. The third kappa shape index (κ3) is 4.23. The minimum absolute atomic E-state index is 0.280. The second-order valence-electron chi connectivity index (χ2n) is 4.04. The molecule has 0 fully saturated rings. The van der Waals surface area contributed by atoms with Crippen LogP contribution in [-0.2, 0) is 0 Å². The highest BCUT2D eigenvalue weighted by atomic mass is 35.5. The average molecular weight is 226 g/mol. The first-order valence-corrected chi connectivity index (χ1v) is 6.15. The van der Waals surface area contributed by atoms with Gasteiger partial charge in [-0.1, -0.05) is 50.6 Å². The second-order valence-corrected chi connectivity index (χ2v) is 4.35. The molecule has 2 atom stereocenters. The number of benzene rings is 1. The normalized spacial score (nSPS) is 14.9. The fraction of sp³-hybridized carbons (Fsp3) is 0.538. The largest absolute Gasteiger partial charge is 0.309 e. The third-order valence-corrected chi connectivity index (χ3v) is 3.07. The smallest absolute Gasteiger partial charge is 0.0457 e. The van der Waals surface area contributed by atoms with E-state index in [0.29, 0.717) is 11.8 Å². The number of nitrogens with one attached hydrogen (secondary N) is 1. The van der Waals surface area contributed by atoms with E-state index in [-0.39, 0.29) is 6.04 Å². The van der Waals surface area contributed by atoms with Crippen molar-refractivity contribution >= 4 is 11.6 Å². The molecule has 1 aromatic rings. The van der Waals surface area contributed by atoms with Crippen LogP contribution in [0.5, 0.6) is 0 Å². The van der Waals surface area contributed by atoms with Crippen LogP contribution in [0.4, 0.5) is 0 Å². The van der Waals surface area contributed by atoms with Crippen LogP contribution in [0, 0.1) is 5.92 Å². The molecule has 1 aromatic carbocycles. The lowest BCUT2D eigenvalue weighted by Gasteiger charge is -2.18. The number of hydrogen-bond donors (Lipinski definition) is 1. The Hall–Kier alpha value is -0.530. The molecule has 0 aromatic heterocycles. The number of alkyl halides is 1. The highest BCUT2D eigenvalue weighted by Crippen LogP contribution is 2.14. The summed E-state index contributed by atoms with van der Waals surface area (Å²) in [6.07, 6.45) is 1.21. The molecule has 0 amide bonds. The molecule has 2 unspecified atom stereocenters. The Balaban J connectivity index is 2.50. The zero-order valence-corrected chi connectivity index (χ0v) is 10.3. The summed E-state index contributed by atoms with van der Waals surface area (Å²) in [5, 5.41) is 3.50. The van der Waals surface area contributed by atoms with Gasteiger partial charge in [-0.25, -0.2) is 0 Å². The molecule has 0 saturated carbocycles. The van der Waals surface area contributed by atoms with Crippen LogP contribution in [-0.4, -0.2) is 12.4 Å². The summed E-state index contributed by atoms with van der Waals surface area (Å²) >= 11 is 5.97. The molecule has 0 saturated heterocycles. The van der Waals surface area contributed by atoms with Gasteiger partial charge in [0, 0.05) is 11.9 Å². The third-order valence-electron chi connectivity index (χ3n) is 2.77. The number of rotatable bonds is 6. The van der Waals surface area contributed by atoms with Gasteiger partial charge >= 0.3 is 0 Å². The second kappa shape index (κ2) is 6.86. The van der Waals surface area contributed by atoms with Crippen LogP contribution in [0.25, 0.3) is 0 Å². The van der Waals surface area contributed by atoms with Crippen LogP contribution in [0.1, 0.15) is 31.9 Å². The van der Waals surface area contributed by atoms with E-state index in [9.17, 15) is 0 Å². The van der Waals surface area contributed by atoms with Crippen LogP contribution >= 0.6 is 11.6 Å². The molecule has 0 aliphatic rings. The first-order valence-electron chi connectivity index (χ1n) is 5.62. The summed E-state index contributed by atoms with van der Waals surface area (Å²) < 4.78 is 0.